The molecule has 0 fully saturated rings. The lowest BCUT2D eigenvalue weighted by molar-refractivity contribution is -0.123. The first-order valence-corrected chi connectivity index (χ1v) is 9.82. The molecule has 0 spiro atoms. The Morgan fingerprint density at radius 3 is 2.60 bits per heavy atom. The summed E-state index contributed by atoms with van der Waals surface area (Å²) in [6.45, 7) is 2.57. The maximum absolute atomic E-state index is 13.2. The molecule has 2 aromatic rings. The molecule has 2 aliphatic heterocycles. The number of hydrogen-bond donors (Lipinski definition) is 2. The first-order valence-electron chi connectivity index (χ1n) is 9.82. The van der Waals surface area contributed by atoms with Crippen molar-refractivity contribution in [2.24, 2.45) is 0 Å². The van der Waals surface area contributed by atoms with Crippen molar-refractivity contribution in [2.75, 3.05) is 35.2 Å². The van der Waals surface area contributed by atoms with E-state index in [1.807, 2.05) is 30.3 Å². The zero-order valence-corrected chi connectivity index (χ0v) is 17.6. The zero-order valence-electron chi connectivity index (χ0n) is 16.8. The number of carbonyl (C=O) groups excluding carboxylic acids is 3. The van der Waals surface area contributed by atoms with Gasteiger partial charge >= 0.3 is 0 Å². The summed E-state index contributed by atoms with van der Waals surface area (Å²) in [4.78, 5) is 40.1. The third-order valence-electron chi connectivity index (χ3n) is 5.54. The van der Waals surface area contributed by atoms with Gasteiger partial charge in [-0.15, -0.1) is 12.4 Å². The number of fused-ring (bicyclic) bond motifs is 2. The second-order valence-corrected chi connectivity index (χ2v) is 7.45. The molecule has 0 saturated carbocycles. The van der Waals surface area contributed by atoms with E-state index in [-0.39, 0.29) is 36.7 Å². The van der Waals surface area contributed by atoms with Crippen LogP contribution >= 0.6 is 12.4 Å². The molecule has 7 nitrogen and oxygen atoms in total. The van der Waals surface area contributed by atoms with Crippen LogP contribution in [-0.4, -0.2) is 37.4 Å². The molecule has 3 N–H and O–H groups in total. The minimum atomic E-state index is -0.235. The molecule has 0 saturated heterocycles. The molecule has 0 aliphatic carbocycles. The molecule has 2 aromatic carbocycles. The third-order valence-corrected chi connectivity index (χ3v) is 5.54. The molecule has 2 heterocycles. The molecule has 3 amide bonds. The molecule has 158 valence electrons. The predicted molar refractivity (Wildman–Crippen MR) is 119 cm³/mol. The average Bonchev–Trinajstić information content (AvgIpc) is 3.15. The number of halogens is 1. The van der Waals surface area contributed by atoms with E-state index >= 15 is 0 Å². The number of amides is 3. The highest BCUT2D eigenvalue weighted by atomic mass is 35.5. The quantitative estimate of drug-likeness (QED) is 0.733. The molecular formula is C22H25ClN4O3. The van der Waals surface area contributed by atoms with Crippen LogP contribution in [0.5, 0.6) is 0 Å². The summed E-state index contributed by atoms with van der Waals surface area (Å²) < 4.78 is 0. The van der Waals surface area contributed by atoms with Crippen LogP contribution in [0.15, 0.2) is 36.4 Å². The van der Waals surface area contributed by atoms with Crippen LogP contribution in [-0.2, 0) is 22.4 Å². The molecule has 4 rings (SSSR count). The van der Waals surface area contributed by atoms with Gasteiger partial charge in [0.2, 0.25) is 11.8 Å². The van der Waals surface area contributed by atoms with Gasteiger partial charge in [-0.1, -0.05) is 6.07 Å². The van der Waals surface area contributed by atoms with E-state index in [9.17, 15) is 14.4 Å². The van der Waals surface area contributed by atoms with Gasteiger partial charge in [-0.05, 0) is 60.7 Å². The van der Waals surface area contributed by atoms with E-state index in [2.05, 4.69) is 5.32 Å². The molecule has 2 aliphatic rings. The molecule has 0 aromatic heterocycles. The Bertz CT molecular complexity index is 1010. The summed E-state index contributed by atoms with van der Waals surface area (Å²) in [6, 6.07) is 11.2. The van der Waals surface area contributed by atoms with Gasteiger partial charge in [0, 0.05) is 42.6 Å². The molecule has 0 radical (unpaired) electrons. The maximum atomic E-state index is 13.2. The van der Waals surface area contributed by atoms with Gasteiger partial charge in [0.05, 0.1) is 6.54 Å². The monoisotopic (exact) mass is 428 g/mol. The predicted octanol–water partition coefficient (Wildman–Crippen LogP) is 2.31. The van der Waals surface area contributed by atoms with Crippen LogP contribution < -0.4 is 20.9 Å². The van der Waals surface area contributed by atoms with Crippen LogP contribution in [0.3, 0.4) is 0 Å². The fourth-order valence-corrected chi connectivity index (χ4v) is 4.11. The van der Waals surface area contributed by atoms with E-state index in [0.717, 1.165) is 41.0 Å². The number of nitrogens with one attached hydrogen (secondary N) is 1. The van der Waals surface area contributed by atoms with Crippen molar-refractivity contribution in [1.82, 2.24) is 5.32 Å². The van der Waals surface area contributed by atoms with Gasteiger partial charge in [0.1, 0.15) is 0 Å². The number of carbonyl (C=O) groups is 3. The van der Waals surface area contributed by atoms with E-state index in [1.165, 1.54) is 6.92 Å². The lowest BCUT2D eigenvalue weighted by Gasteiger charge is -2.30. The summed E-state index contributed by atoms with van der Waals surface area (Å²) in [7, 11) is 0. The number of hydrogen-bond acceptors (Lipinski definition) is 4. The Balaban J connectivity index is 0.00000256. The average molecular weight is 429 g/mol. The summed E-state index contributed by atoms with van der Waals surface area (Å²) in [5, 5.41) is 2.54. The fourth-order valence-electron chi connectivity index (χ4n) is 4.11. The van der Waals surface area contributed by atoms with E-state index < -0.39 is 0 Å². The largest absolute Gasteiger partial charge is 0.398 e. The summed E-state index contributed by atoms with van der Waals surface area (Å²) in [5.41, 5.74) is 11.1. The normalized spacial score (nSPS) is 14.4. The highest BCUT2D eigenvalue weighted by molar-refractivity contribution is 6.08. The van der Waals surface area contributed by atoms with Crippen molar-refractivity contribution >= 4 is 47.2 Å². The standard InChI is InChI=1S/C22H24N4O3.ClH/c1-14(27)24-13-21(28)25-11-9-15-12-16(7-8-19(15)25)22(29)26-10-3-4-17-18(23)5-2-6-20(17)26;/h2,5-8,12H,3-4,9-11,13,23H2,1H3,(H,24,27);1H. The minimum Gasteiger partial charge on any atom is -0.398 e. The van der Waals surface area contributed by atoms with E-state index in [4.69, 9.17) is 5.73 Å². The SMILES string of the molecule is CC(=O)NCC(=O)N1CCc2cc(C(=O)N3CCCc4c(N)cccc43)ccc21.Cl. The Morgan fingerprint density at radius 1 is 1.03 bits per heavy atom. The van der Waals surface area contributed by atoms with Crippen LogP contribution in [0, 0.1) is 0 Å². The summed E-state index contributed by atoms with van der Waals surface area (Å²) in [6.07, 6.45) is 2.44. The summed E-state index contributed by atoms with van der Waals surface area (Å²) >= 11 is 0. The first-order chi connectivity index (χ1) is 14.0. The van der Waals surface area contributed by atoms with Crippen LogP contribution in [0.1, 0.15) is 34.8 Å². The van der Waals surface area contributed by atoms with Crippen molar-refractivity contribution in [3.8, 4) is 0 Å². The number of nitrogen functional groups attached to an aromatic ring is 1. The van der Waals surface area contributed by atoms with Gasteiger partial charge in [-0.2, -0.15) is 0 Å². The van der Waals surface area contributed by atoms with E-state index in [0.29, 0.717) is 25.1 Å². The molecule has 30 heavy (non-hydrogen) atoms. The lowest BCUT2D eigenvalue weighted by Crippen LogP contribution is -2.38. The van der Waals surface area contributed by atoms with Gasteiger partial charge in [-0.25, -0.2) is 0 Å². The number of nitrogens with zero attached hydrogens (tertiary/aromatic N) is 2. The highest BCUT2D eigenvalue weighted by Gasteiger charge is 2.28. The topological polar surface area (TPSA) is 95.7 Å². The van der Waals surface area contributed by atoms with Crippen LogP contribution in [0.25, 0.3) is 0 Å². The van der Waals surface area contributed by atoms with Gasteiger partial charge < -0.3 is 20.9 Å². The maximum Gasteiger partial charge on any atom is 0.258 e. The van der Waals surface area contributed by atoms with Crippen molar-refractivity contribution in [1.29, 1.82) is 0 Å². The van der Waals surface area contributed by atoms with Crippen LogP contribution in [0.2, 0.25) is 0 Å². The second kappa shape index (κ2) is 8.75. The highest BCUT2D eigenvalue weighted by Crippen LogP contribution is 2.34. The smallest absolute Gasteiger partial charge is 0.258 e. The van der Waals surface area contributed by atoms with Gasteiger partial charge in [0.25, 0.3) is 5.91 Å². The first kappa shape index (κ1) is 21.6. The number of nitrogens with two attached hydrogens (primary N) is 1. The van der Waals surface area contributed by atoms with Crippen molar-refractivity contribution < 1.29 is 14.4 Å². The fraction of sp³-hybridized carbons (Fsp3) is 0.318. The number of benzene rings is 2. The van der Waals surface area contributed by atoms with Gasteiger partial charge in [-0.3, -0.25) is 14.4 Å². The second-order valence-electron chi connectivity index (χ2n) is 7.45. The van der Waals surface area contributed by atoms with Crippen molar-refractivity contribution in [3.05, 3.63) is 53.1 Å². The van der Waals surface area contributed by atoms with E-state index in [1.54, 1.807) is 15.9 Å². The molecule has 0 atom stereocenters. The number of anilines is 3. The van der Waals surface area contributed by atoms with Gasteiger partial charge in [0.15, 0.2) is 0 Å². The molecular weight excluding hydrogens is 404 g/mol. The van der Waals surface area contributed by atoms with Crippen molar-refractivity contribution in [2.45, 2.75) is 26.2 Å². The minimum absolute atomic E-state index is 0. The molecule has 0 unspecified atom stereocenters. The Kier molecular flexibility index (Phi) is 6.31. The number of rotatable bonds is 3. The summed E-state index contributed by atoms with van der Waals surface area (Å²) in [5.74, 6) is -0.443. The molecule has 0 bridgehead atoms. The molecule has 8 heteroatoms. The zero-order chi connectivity index (χ0) is 20.5. The lowest BCUT2D eigenvalue weighted by atomic mass is 9.98. The third kappa shape index (κ3) is 3.98. The van der Waals surface area contributed by atoms with Crippen molar-refractivity contribution in [3.63, 3.8) is 0 Å². The Labute approximate surface area is 181 Å². The van der Waals surface area contributed by atoms with Crippen LogP contribution in [0.4, 0.5) is 17.1 Å². The Morgan fingerprint density at radius 2 is 1.83 bits per heavy atom. The Hall–Kier alpha value is -3.06.